The van der Waals surface area contributed by atoms with Gasteiger partial charge in [0.25, 0.3) is 5.91 Å². The van der Waals surface area contributed by atoms with E-state index in [1.807, 2.05) is 6.07 Å². The van der Waals surface area contributed by atoms with E-state index in [4.69, 9.17) is 0 Å². The molecule has 1 fully saturated rings. The van der Waals surface area contributed by atoms with Gasteiger partial charge in [0.2, 0.25) is 0 Å². The number of halogens is 1. The monoisotopic (exact) mass is 347 g/mol. The van der Waals surface area contributed by atoms with Gasteiger partial charge in [0.05, 0.1) is 11.5 Å². The molecule has 0 aromatic heterocycles. The number of amides is 1. The summed E-state index contributed by atoms with van der Waals surface area (Å²) >= 11 is 0. The summed E-state index contributed by atoms with van der Waals surface area (Å²) in [5, 5.41) is 2.79. The molecule has 0 saturated carbocycles. The lowest BCUT2D eigenvalue weighted by atomic mass is 10.0. The second-order valence-corrected chi connectivity index (χ2v) is 8.30. The smallest absolute Gasteiger partial charge is 0.251 e. The molecule has 1 unspecified atom stereocenters. The predicted molar refractivity (Wildman–Crippen MR) is 90.9 cm³/mol. The molecule has 1 atom stereocenters. The first-order valence-corrected chi connectivity index (χ1v) is 9.60. The van der Waals surface area contributed by atoms with Crippen molar-refractivity contribution in [3.05, 3.63) is 59.9 Å². The highest BCUT2D eigenvalue weighted by atomic mass is 32.2. The van der Waals surface area contributed by atoms with Crippen LogP contribution < -0.4 is 5.32 Å². The van der Waals surface area contributed by atoms with E-state index >= 15 is 0 Å². The van der Waals surface area contributed by atoms with Crippen LogP contribution in [-0.4, -0.2) is 32.4 Å². The molecule has 1 amide bonds. The lowest BCUT2D eigenvalue weighted by Gasteiger charge is -2.10. The maximum atomic E-state index is 13.3. The number of hydrogen-bond acceptors (Lipinski definition) is 3. The van der Waals surface area contributed by atoms with Crippen molar-refractivity contribution < 1.29 is 17.6 Å². The zero-order chi connectivity index (χ0) is 17.2. The minimum Gasteiger partial charge on any atom is -0.352 e. The van der Waals surface area contributed by atoms with Crippen LogP contribution in [0.15, 0.2) is 48.5 Å². The van der Waals surface area contributed by atoms with E-state index < -0.39 is 9.84 Å². The second-order valence-electron chi connectivity index (χ2n) is 6.07. The maximum absolute atomic E-state index is 13.3. The molecule has 2 aromatic carbocycles. The fraction of sp³-hybridized carbons (Fsp3) is 0.278. The molecule has 0 radical (unpaired) electrons. The van der Waals surface area contributed by atoms with Gasteiger partial charge in [-0.2, -0.15) is 0 Å². The van der Waals surface area contributed by atoms with Crippen LogP contribution in [-0.2, 0) is 9.84 Å². The Balaban J connectivity index is 1.68. The molecule has 0 bridgehead atoms. The number of nitrogens with one attached hydrogen (secondary N) is 1. The van der Waals surface area contributed by atoms with Crippen LogP contribution in [0.3, 0.4) is 0 Å². The molecule has 4 nitrogen and oxygen atoms in total. The minimum absolute atomic E-state index is 0.0228. The predicted octanol–water partition coefficient (Wildman–Crippen LogP) is 2.66. The van der Waals surface area contributed by atoms with Gasteiger partial charge in [-0.25, -0.2) is 12.8 Å². The SMILES string of the molecule is O=C(NCC1CCS(=O)(=O)C1)c1cccc(-c2cccc(F)c2)c1. The molecule has 2 aromatic rings. The fourth-order valence-corrected chi connectivity index (χ4v) is 4.74. The van der Waals surface area contributed by atoms with Gasteiger partial charge in [-0.15, -0.1) is 0 Å². The number of hydrogen-bond donors (Lipinski definition) is 1. The number of benzene rings is 2. The van der Waals surface area contributed by atoms with Crippen molar-refractivity contribution in [2.75, 3.05) is 18.1 Å². The van der Waals surface area contributed by atoms with Crippen LogP contribution in [0.1, 0.15) is 16.8 Å². The standard InChI is InChI=1S/C18H18FNO3S/c19-17-6-2-4-15(10-17)14-3-1-5-16(9-14)18(21)20-11-13-7-8-24(22,23)12-13/h1-6,9-10,13H,7-8,11-12H2,(H,20,21). The molecule has 3 rings (SSSR count). The van der Waals surface area contributed by atoms with Gasteiger partial charge in [0.1, 0.15) is 5.82 Å². The zero-order valence-electron chi connectivity index (χ0n) is 13.0. The van der Waals surface area contributed by atoms with Gasteiger partial charge in [-0.1, -0.05) is 24.3 Å². The van der Waals surface area contributed by atoms with Gasteiger partial charge >= 0.3 is 0 Å². The molecule has 0 spiro atoms. The highest BCUT2D eigenvalue weighted by molar-refractivity contribution is 7.91. The van der Waals surface area contributed by atoms with Gasteiger partial charge in [-0.3, -0.25) is 4.79 Å². The molecule has 1 aliphatic heterocycles. The van der Waals surface area contributed by atoms with E-state index in [9.17, 15) is 17.6 Å². The van der Waals surface area contributed by atoms with E-state index in [0.29, 0.717) is 24.1 Å². The van der Waals surface area contributed by atoms with Gasteiger partial charge < -0.3 is 5.32 Å². The quantitative estimate of drug-likeness (QED) is 0.925. The molecule has 126 valence electrons. The van der Waals surface area contributed by atoms with E-state index in [1.165, 1.54) is 12.1 Å². The van der Waals surface area contributed by atoms with Crippen LogP contribution in [0.2, 0.25) is 0 Å². The van der Waals surface area contributed by atoms with Crippen LogP contribution in [0.25, 0.3) is 11.1 Å². The minimum atomic E-state index is -2.94. The van der Waals surface area contributed by atoms with E-state index in [2.05, 4.69) is 5.32 Å². The lowest BCUT2D eigenvalue weighted by molar-refractivity contribution is 0.0948. The van der Waals surface area contributed by atoms with Gasteiger partial charge in [-0.05, 0) is 47.7 Å². The molecule has 1 heterocycles. The Hall–Kier alpha value is -2.21. The van der Waals surface area contributed by atoms with Crippen LogP contribution >= 0.6 is 0 Å². The highest BCUT2D eigenvalue weighted by Crippen LogP contribution is 2.22. The van der Waals surface area contributed by atoms with Gasteiger partial charge in [0.15, 0.2) is 9.84 Å². The zero-order valence-corrected chi connectivity index (χ0v) is 13.9. The summed E-state index contributed by atoms with van der Waals surface area (Å²) in [7, 11) is -2.94. The molecule has 0 aliphatic carbocycles. The summed E-state index contributed by atoms with van der Waals surface area (Å²) in [5.41, 5.74) is 1.93. The Bertz CT molecular complexity index is 864. The number of carbonyl (C=O) groups excluding carboxylic acids is 1. The third-order valence-corrected chi connectivity index (χ3v) is 6.00. The van der Waals surface area contributed by atoms with Crippen LogP contribution in [0.5, 0.6) is 0 Å². The van der Waals surface area contributed by atoms with Crippen molar-refractivity contribution in [2.45, 2.75) is 6.42 Å². The average Bonchev–Trinajstić information content (AvgIpc) is 2.92. The Labute approximate surface area is 140 Å². The molecule has 1 saturated heterocycles. The summed E-state index contributed by atoms with van der Waals surface area (Å²) in [4.78, 5) is 12.3. The first-order valence-electron chi connectivity index (χ1n) is 7.77. The fourth-order valence-electron chi connectivity index (χ4n) is 2.88. The largest absolute Gasteiger partial charge is 0.352 e. The van der Waals surface area contributed by atoms with Crippen molar-refractivity contribution in [1.29, 1.82) is 0 Å². The van der Waals surface area contributed by atoms with Crippen molar-refractivity contribution in [2.24, 2.45) is 5.92 Å². The summed E-state index contributed by atoms with van der Waals surface area (Å²) in [6.07, 6.45) is 0.589. The third kappa shape index (κ3) is 4.00. The van der Waals surface area contributed by atoms with E-state index in [0.717, 1.165) is 5.56 Å². The Morgan fingerprint density at radius 1 is 1.12 bits per heavy atom. The first kappa shape index (κ1) is 16.6. The van der Waals surface area contributed by atoms with Crippen molar-refractivity contribution in [1.82, 2.24) is 5.32 Å². The number of sulfone groups is 1. The molecule has 6 heteroatoms. The average molecular weight is 347 g/mol. The number of rotatable bonds is 4. The highest BCUT2D eigenvalue weighted by Gasteiger charge is 2.27. The summed E-state index contributed by atoms with van der Waals surface area (Å²) in [6.45, 7) is 0.349. The van der Waals surface area contributed by atoms with Crippen molar-refractivity contribution in [3.63, 3.8) is 0 Å². The normalized spacial score (nSPS) is 19.1. The lowest BCUT2D eigenvalue weighted by Crippen LogP contribution is -2.29. The Morgan fingerprint density at radius 2 is 1.83 bits per heavy atom. The summed E-state index contributed by atoms with van der Waals surface area (Å²) < 4.78 is 36.2. The Morgan fingerprint density at radius 3 is 2.50 bits per heavy atom. The molecule has 24 heavy (non-hydrogen) atoms. The first-order chi connectivity index (χ1) is 11.4. The summed E-state index contributed by atoms with van der Waals surface area (Å²) in [5.74, 6) is -0.271. The Kier molecular flexibility index (Phi) is 4.66. The molecular weight excluding hydrogens is 329 g/mol. The van der Waals surface area contributed by atoms with E-state index in [1.54, 1.807) is 30.3 Å². The number of carbonyl (C=O) groups is 1. The van der Waals surface area contributed by atoms with Crippen molar-refractivity contribution in [3.8, 4) is 11.1 Å². The second kappa shape index (κ2) is 6.73. The maximum Gasteiger partial charge on any atom is 0.251 e. The molecule has 1 N–H and O–H groups in total. The molecular formula is C18H18FNO3S. The van der Waals surface area contributed by atoms with Gasteiger partial charge in [0, 0.05) is 12.1 Å². The molecule has 1 aliphatic rings. The van der Waals surface area contributed by atoms with Crippen molar-refractivity contribution >= 4 is 15.7 Å². The third-order valence-electron chi connectivity index (χ3n) is 4.16. The topological polar surface area (TPSA) is 63.2 Å². The van der Waals surface area contributed by atoms with Crippen LogP contribution in [0.4, 0.5) is 4.39 Å². The summed E-state index contributed by atoms with van der Waals surface area (Å²) in [6, 6.07) is 13.1. The van der Waals surface area contributed by atoms with E-state index in [-0.39, 0.29) is 29.1 Å². The van der Waals surface area contributed by atoms with Crippen LogP contribution in [0, 0.1) is 11.7 Å².